The minimum atomic E-state index is 0.352. The highest BCUT2D eigenvalue weighted by atomic mass is 35.5. The van der Waals surface area contributed by atoms with Gasteiger partial charge in [0.2, 0.25) is 0 Å². The summed E-state index contributed by atoms with van der Waals surface area (Å²) in [6, 6.07) is 10.8. The lowest BCUT2D eigenvalue weighted by Crippen LogP contribution is -2.32. The average molecular weight is 224 g/mol. The largest absolute Gasteiger partial charge is 0.309 e. The number of nitrogens with one attached hydrogen (secondary N) is 1. The van der Waals surface area contributed by atoms with E-state index in [-0.39, 0.29) is 0 Å². The molecular weight excluding hydrogens is 206 g/mol. The standard InChI is InChI=1S/C13H18ClN/c1-2-3-9-15-13(11-14)10-12-7-5-4-6-8-12/h2-8,13,15H,9-11H2,1H3/b3-2+. The minimum Gasteiger partial charge on any atom is -0.309 e. The van der Waals surface area contributed by atoms with Gasteiger partial charge < -0.3 is 5.32 Å². The SMILES string of the molecule is C/C=C/CNC(CCl)Cc1ccccc1. The third-order valence-electron chi connectivity index (χ3n) is 2.27. The number of hydrogen-bond acceptors (Lipinski definition) is 1. The van der Waals surface area contributed by atoms with Crippen LogP contribution in [0.5, 0.6) is 0 Å². The van der Waals surface area contributed by atoms with E-state index in [2.05, 4.69) is 35.7 Å². The number of rotatable bonds is 6. The zero-order valence-corrected chi connectivity index (χ0v) is 9.87. The second-order valence-corrected chi connectivity index (χ2v) is 3.83. The summed E-state index contributed by atoms with van der Waals surface area (Å²) in [5.41, 5.74) is 1.33. The molecule has 0 aliphatic carbocycles. The van der Waals surface area contributed by atoms with Crippen molar-refractivity contribution in [3.8, 4) is 0 Å². The zero-order valence-electron chi connectivity index (χ0n) is 9.12. The maximum Gasteiger partial charge on any atom is 0.0380 e. The molecule has 0 heterocycles. The van der Waals surface area contributed by atoms with Gasteiger partial charge in [0.05, 0.1) is 0 Å². The topological polar surface area (TPSA) is 12.0 Å². The lowest BCUT2D eigenvalue weighted by molar-refractivity contribution is 0.585. The maximum atomic E-state index is 5.91. The second-order valence-electron chi connectivity index (χ2n) is 3.52. The first-order valence-electron chi connectivity index (χ1n) is 5.31. The van der Waals surface area contributed by atoms with Crippen LogP contribution in [0.3, 0.4) is 0 Å². The third-order valence-corrected chi connectivity index (χ3v) is 2.64. The summed E-state index contributed by atoms with van der Waals surface area (Å²) < 4.78 is 0. The molecular formula is C13H18ClN. The molecule has 0 aliphatic rings. The van der Waals surface area contributed by atoms with Gasteiger partial charge in [-0.3, -0.25) is 0 Å². The van der Waals surface area contributed by atoms with Crippen molar-refractivity contribution < 1.29 is 0 Å². The normalized spacial score (nSPS) is 13.2. The van der Waals surface area contributed by atoms with Gasteiger partial charge in [-0.05, 0) is 18.9 Å². The molecule has 0 radical (unpaired) electrons. The van der Waals surface area contributed by atoms with E-state index in [1.54, 1.807) is 0 Å². The molecule has 0 amide bonds. The molecule has 1 aromatic carbocycles. The first-order chi connectivity index (χ1) is 7.36. The number of allylic oxidation sites excluding steroid dienone is 1. The molecule has 1 N–H and O–H groups in total. The highest BCUT2D eigenvalue weighted by Gasteiger charge is 2.05. The molecule has 82 valence electrons. The van der Waals surface area contributed by atoms with Crippen molar-refractivity contribution in [3.63, 3.8) is 0 Å². The lowest BCUT2D eigenvalue weighted by Gasteiger charge is -2.14. The molecule has 1 rings (SSSR count). The fourth-order valence-corrected chi connectivity index (χ4v) is 1.65. The average Bonchev–Trinajstić information content (AvgIpc) is 2.29. The predicted octanol–water partition coefficient (Wildman–Crippen LogP) is 3.00. The smallest absolute Gasteiger partial charge is 0.0380 e. The molecule has 0 aliphatic heterocycles. The molecule has 0 bridgehead atoms. The highest BCUT2D eigenvalue weighted by Crippen LogP contribution is 2.04. The molecule has 2 heteroatoms. The van der Waals surface area contributed by atoms with Gasteiger partial charge in [-0.2, -0.15) is 0 Å². The van der Waals surface area contributed by atoms with E-state index in [0.717, 1.165) is 13.0 Å². The highest BCUT2D eigenvalue weighted by molar-refractivity contribution is 6.18. The first-order valence-corrected chi connectivity index (χ1v) is 5.84. The van der Waals surface area contributed by atoms with Gasteiger partial charge in [0, 0.05) is 18.5 Å². The molecule has 0 aromatic heterocycles. The summed E-state index contributed by atoms with van der Waals surface area (Å²) >= 11 is 5.91. The number of hydrogen-bond donors (Lipinski definition) is 1. The monoisotopic (exact) mass is 223 g/mol. The van der Waals surface area contributed by atoms with Gasteiger partial charge in [-0.25, -0.2) is 0 Å². The molecule has 1 unspecified atom stereocenters. The summed E-state index contributed by atoms with van der Waals surface area (Å²) in [5, 5.41) is 3.40. The van der Waals surface area contributed by atoms with Gasteiger partial charge in [-0.15, -0.1) is 11.6 Å². The Morgan fingerprint density at radius 2 is 2.07 bits per heavy atom. The molecule has 1 nitrogen and oxygen atoms in total. The van der Waals surface area contributed by atoms with Crippen LogP contribution in [0.25, 0.3) is 0 Å². The van der Waals surface area contributed by atoms with E-state index >= 15 is 0 Å². The van der Waals surface area contributed by atoms with Crippen LogP contribution >= 0.6 is 11.6 Å². The molecule has 0 spiro atoms. The molecule has 1 atom stereocenters. The Labute approximate surface area is 97.1 Å². The Kier molecular flexibility index (Phi) is 6.14. The van der Waals surface area contributed by atoms with Crippen molar-refractivity contribution in [2.24, 2.45) is 0 Å². The van der Waals surface area contributed by atoms with Crippen molar-refractivity contribution >= 4 is 11.6 Å². The van der Waals surface area contributed by atoms with Gasteiger partial charge >= 0.3 is 0 Å². The van der Waals surface area contributed by atoms with Gasteiger partial charge in [0.15, 0.2) is 0 Å². The van der Waals surface area contributed by atoms with Crippen LogP contribution in [0.4, 0.5) is 0 Å². The Morgan fingerprint density at radius 3 is 2.67 bits per heavy atom. The summed E-state index contributed by atoms with van der Waals surface area (Å²) in [6.07, 6.45) is 5.13. The zero-order chi connectivity index (χ0) is 10.9. The summed E-state index contributed by atoms with van der Waals surface area (Å²) in [5.74, 6) is 0.645. The predicted molar refractivity (Wildman–Crippen MR) is 67.5 cm³/mol. The van der Waals surface area contributed by atoms with E-state index in [9.17, 15) is 0 Å². The van der Waals surface area contributed by atoms with E-state index in [1.165, 1.54) is 5.56 Å². The minimum absolute atomic E-state index is 0.352. The van der Waals surface area contributed by atoms with Crippen LogP contribution < -0.4 is 5.32 Å². The van der Waals surface area contributed by atoms with Crippen LogP contribution in [0.15, 0.2) is 42.5 Å². The van der Waals surface area contributed by atoms with E-state index in [1.807, 2.05) is 19.1 Å². The van der Waals surface area contributed by atoms with Crippen LogP contribution in [0.2, 0.25) is 0 Å². The third kappa shape index (κ3) is 5.01. The van der Waals surface area contributed by atoms with Crippen molar-refractivity contribution in [2.75, 3.05) is 12.4 Å². The van der Waals surface area contributed by atoms with Gasteiger partial charge in [0.1, 0.15) is 0 Å². The van der Waals surface area contributed by atoms with Crippen LogP contribution in [-0.2, 0) is 6.42 Å². The molecule has 0 saturated heterocycles. The first kappa shape index (κ1) is 12.3. The lowest BCUT2D eigenvalue weighted by atomic mass is 10.1. The maximum absolute atomic E-state index is 5.91. The van der Waals surface area contributed by atoms with Crippen LogP contribution in [-0.4, -0.2) is 18.5 Å². The quantitative estimate of drug-likeness (QED) is 0.578. The van der Waals surface area contributed by atoms with E-state index < -0.39 is 0 Å². The second kappa shape index (κ2) is 7.49. The fourth-order valence-electron chi connectivity index (χ4n) is 1.43. The molecule has 0 saturated carbocycles. The van der Waals surface area contributed by atoms with Crippen LogP contribution in [0.1, 0.15) is 12.5 Å². The van der Waals surface area contributed by atoms with E-state index in [0.29, 0.717) is 11.9 Å². The Morgan fingerprint density at radius 1 is 1.33 bits per heavy atom. The van der Waals surface area contributed by atoms with Crippen LogP contribution in [0, 0.1) is 0 Å². The number of benzene rings is 1. The number of alkyl halides is 1. The fraction of sp³-hybridized carbons (Fsp3) is 0.385. The van der Waals surface area contributed by atoms with E-state index in [4.69, 9.17) is 11.6 Å². The van der Waals surface area contributed by atoms with Gasteiger partial charge in [0.25, 0.3) is 0 Å². The summed E-state index contributed by atoms with van der Waals surface area (Å²) in [6.45, 7) is 2.91. The van der Waals surface area contributed by atoms with Crippen molar-refractivity contribution in [2.45, 2.75) is 19.4 Å². The Balaban J connectivity index is 2.40. The van der Waals surface area contributed by atoms with Gasteiger partial charge in [-0.1, -0.05) is 42.5 Å². The summed E-state index contributed by atoms with van der Waals surface area (Å²) in [4.78, 5) is 0. The molecule has 0 fully saturated rings. The van der Waals surface area contributed by atoms with Crippen molar-refractivity contribution in [3.05, 3.63) is 48.0 Å². The van der Waals surface area contributed by atoms with Crippen molar-refractivity contribution in [1.29, 1.82) is 0 Å². The Bertz CT molecular complexity index is 282. The number of halogens is 1. The Hall–Kier alpha value is -0.790. The molecule has 1 aromatic rings. The molecule has 15 heavy (non-hydrogen) atoms. The summed E-state index contributed by atoms with van der Waals surface area (Å²) in [7, 11) is 0. The van der Waals surface area contributed by atoms with Crippen molar-refractivity contribution in [1.82, 2.24) is 5.32 Å².